The van der Waals surface area contributed by atoms with Crippen LogP contribution in [0.1, 0.15) is 49.3 Å². The average molecular weight is 417 g/mol. The second-order valence-electron chi connectivity index (χ2n) is 8.47. The summed E-state index contributed by atoms with van der Waals surface area (Å²) in [6.07, 6.45) is 5.10. The number of likely N-dealkylation sites (tertiary alicyclic amines) is 1. The van der Waals surface area contributed by atoms with Crippen LogP contribution in [0.2, 0.25) is 5.02 Å². The minimum atomic E-state index is -0.569. The van der Waals surface area contributed by atoms with Gasteiger partial charge in [-0.15, -0.1) is 0 Å². The molecule has 1 heterocycles. The lowest BCUT2D eigenvalue weighted by molar-refractivity contribution is -0.958. The van der Waals surface area contributed by atoms with Crippen LogP contribution in [0.4, 0.5) is 0 Å². The van der Waals surface area contributed by atoms with Gasteiger partial charge in [0.1, 0.15) is 12.6 Å². The number of methoxy groups -OCH3 is 2. The lowest BCUT2D eigenvalue weighted by atomic mass is 9.66. The lowest BCUT2D eigenvalue weighted by Gasteiger charge is -2.50. The molecule has 156 valence electrons. The first-order chi connectivity index (χ1) is 14.1. The van der Waals surface area contributed by atoms with Gasteiger partial charge in [0.05, 0.1) is 26.4 Å². The molecule has 0 radical (unpaired) electrons. The quantitative estimate of drug-likeness (QED) is 0.778. The van der Waals surface area contributed by atoms with Crippen molar-refractivity contribution in [2.24, 2.45) is 5.92 Å². The molecule has 0 spiro atoms. The molecular weight excluding hydrogens is 386 g/mol. The van der Waals surface area contributed by atoms with Gasteiger partial charge in [-0.1, -0.05) is 42.6 Å². The van der Waals surface area contributed by atoms with E-state index in [1.165, 1.54) is 16.9 Å². The molecule has 0 bridgehead atoms. The van der Waals surface area contributed by atoms with E-state index in [0.717, 1.165) is 60.9 Å². The molecule has 1 saturated heterocycles. The van der Waals surface area contributed by atoms with E-state index in [2.05, 4.69) is 18.2 Å². The third-order valence-corrected chi connectivity index (χ3v) is 7.30. The topological polar surface area (TPSA) is 43.1 Å². The molecule has 2 N–H and O–H groups in total. The van der Waals surface area contributed by atoms with E-state index < -0.39 is 5.60 Å². The van der Waals surface area contributed by atoms with Crippen molar-refractivity contribution in [2.45, 2.75) is 50.3 Å². The first kappa shape index (κ1) is 20.5. The van der Waals surface area contributed by atoms with Crippen LogP contribution in [0.15, 0.2) is 42.5 Å². The van der Waals surface area contributed by atoms with Gasteiger partial charge in [-0.25, -0.2) is 0 Å². The Bertz CT molecular complexity index is 858. The van der Waals surface area contributed by atoms with E-state index in [9.17, 15) is 5.11 Å². The van der Waals surface area contributed by atoms with Crippen LogP contribution in [-0.2, 0) is 6.54 Å². The standard InChI is InChI=1S/C24H30ClNO3/c1-28-21-11-10-17(15-22(21)29-2)23-19-8-5-6-12-24(19,27)13-14-26(23)16-18-7-3-4-9-20(18)25/h3-4,7,9-11,15,19,23,27H,5-6,8,12-14,16H2,1-2H3/p+1/t19-,23-,24-/m0/s1. The molecule has 4 rings (SSSR count). The fourth-order valence-corrected chi connectivity index (χ4v) is 5.66. The summed E-state index contributed by atoms with van der Waals surface area (Å²) >= 11 is 6.49. The van der Waals surface area contributed by atoms with Gasteiger partial charge in [-0.3, -0.25) is 0 Å². The van der Waals surface area contributed by atoms with E-state index in [0.29, 0.717) is 0 Å². The molecule has 2 fully saturated rings. The molecule has 0 aromatic heterocycles. The van der Waals surface area contributed by atoms with Crippen molar-refractivity contribution in [3.05, 3.63) is 58.6 Å². The van der Waals surface area contributed by atoms with Gasteiger partial charge in [-0.2, -0.15) is 0 Å². The Morgan fingerprint density at radius 1 is 1.07 bits per heavy atom. The summed E-state index contributed by atoms with van der Waals surface area (Å²) in [5, 5.41) is 12.3. The summed E-state index contributed by atoms with van der Waals surface area (Å²) in [6, 6.07) is 14.5. The van der Waals surface area contributed by atoms with Gasteiger partial charge >= 0.3 is 0 Å². The minimum absolute atomic E-state index is 0.199. The normalized spacial score (nSPS) is 29.2. The molecular formula is C24H31ClNO3+. The molecule has 0 amide bonds. The maximum absolute atomic E-state index is 11.5. The van der Waals surface area contributed by atoms with Crippen LogP contribution >= 0.6 is 11.6 Å². The first-order valence-electron chi connectivity index (χ1n) is 10.6. The third kappa shape index (κ3) is 3.98. The van der Waals surface area contributed by atoms with E-state index in [-0.39, 0.29) is 12.0 Å². The largest absolute Gasteiger partial charge is 0.493 e. The average Bonchev–Trinajstić information content (AvgIpc) is 2.74. The number of benzene rings is 2. The summed E-state index contributed by atoms with van der Waals surface area (Å²) in [5.74, 6) is 1.71. The summed E-state index contributed by atoms with van der Waals surface area (Å²) in [5.41, 5.74) is 1.80. The van der Waals surface area contributed by atoms with Crippen molar-refractivity contribution in [2.75, 3.05) is 20.8 Å². The molecule has 2 aliphatic rings. The van der Waals surface area contributed by atoms with Crippen molar-refractivity contribution in [1.29, 1.82) is 0 Å². The zero-order valence-electron chi connectivity index (χ0n) is 17.3. The smallest absolute Gasteiger partial charge is 0.161 e. The van der Waals surface area contributed by atoms with Gasteiger partial charge in [-0.05, 0) is 37.1 Å². The van der Waals surface area contributed by atoms with E-state index >= 15 is 0 Å². The van der Waals surface area contributed by atoms with Crippen LogP contribution < -0.4 is 14.4 Å². The third-order valence-electron chi connectivity index (χ3n) is 6.93. The number of piperidine rings is 1. The molecule has 4 atom stereocenters. The van der Waals surface area contributed by atoms with Gasteiger partial charge in [0, 0.05) is 28.5 Å². The molecule has 1 saturated carbocycles. The fraction of sp³-hybridized carbons (Fsp3) is 0.500. The Morgan fingerprint density at radius 2 is 1.86 bits per heavy atom. The zero-order valence-corrected chi connectivity index (χ0v) is 18.0. The summed E-state index contributed by atoms with van der Waals surface area (Å²) in [6.45, 7) is 1.78. The second-order valence-corrected chi connectivity index (χ2v) is 8.88. The Balaban J connectivity index is 1.73. The first-order valence-corrected chi connectivity index (χ1v) is 11.0. The van der Waals surface area contributed by atoms with Gasteiger partial charge in [0.15, 0.2) is 11.5 Å². The number of halogens is 1. The molecule has 2 aromatic rings. The second kappa shape index (κ2) is 8.55. The van der Waals surface area contributed by atoms with Crippen molar-refractivity contribution in [3.8, 4) is 11.5 Å². The van der Waals surface area contributed by atoms with Crippen LogP contribution in [-0.4, -0.2) is 31.5 Å². The molecule has 5 heteroatoms. The number of fused-ring (bicyclic) bond motifs is 1. The number of hydrogen-bond donors (Lipinski definition) is 2. The van der Waals surface area contributed by atoms with E-state index in [1.807, 2.05) is 24.3 Å². The maximum Gasteiger partial charge on any atom is 0.161 e. The molecule has 4 nitrogen and oxygen atoms in total. The Hall–Kier alpha value is -1.75. The highest BCUT2D eigenvalue weighted by atomic mass is 35.5. The highest BCUT2D eigenvalue weighted by Gasteiger charge is 2.51. The van der Waals surface area contributed by atoms with E-state index in [4.69, 9.17) is 21.1 Å². The van der Waals surface area contributed by atoms with Crippen molar-refractivity contribution >= 4 is 11.6 Å². The van der Waals surface area contributed by atoms with Crippen LogP contribution in [0.25, 0.3) is 0 Å². The molecule has 1 unspecified atom stereocenters. The summed E-state index contributed by atoms with van der Waals surface area (Å²) < 4.78 is 11.0. The number of ether oxygens (including phenoxy) is 2. The van der Waals surface area contributed by atoms with Gasteiger partial charge < -0.3 is 19.5 Å². The highest BCUT2D eigenvalue weighted by molar-refractivity contribution is 6.31. The van der Waals surface area contributed by atoms with Crippen LogP contribution in [0, 0.1) is 5.92 Å². The maximum atomic E-state index is 11.5. The monoisotopic (exact) mass is 416 g/mol. The fourth-order valence-electron chi connectivity index (χ4n) is 5.45. The predicted molar refractivity (Wildman–Crippen MR) is 115 cm³/mol. The lowest BCUT2D eigenvalue weighted by Crippen LogP contribution is -3.13. The number of aliphatic hydroxyl groups is 1. The Kier molecular flexibility index (Phi) is 6.05. The zero-order chi connectivity index (χ0) is 20.4. The molecule has 29 heavy (non-hydrogen) atoms. The Morgan fingerprint density at radius 3 is 2.62 bits per heavy atom. The van der Waals surface area contributed by atoms with Crippen molar-refractivity contribution in [3.63, 3.8) is 0 Å². The van der Waals surface area contributed by atoms with Crippen molar-refractivity contribution in [1.82, 2.24) is 0 Å². The summed E-state index contributed by atoms with van der Waals surface area (Å²) in [4.78, 5) is 1.46. The number of nitrogens with one attached hydrogen (secondary N) is 1. The summed E-state index contributed by atoms with van der Waals surface area (Å²) in [7, 11) is 3.33. The van der Waals surface area contributed by atoms with Gasteiger partial charge in [0.2, 0.25) is 0 Å². The minimum Gasteiger partial charge on any atom is -0.493 e. The predicted octanol–water partition coefficient (Wildman–Crippen LogP) is 3.81. The van der Waals surface area contributed by atoms with Crippen LogP contribution in [0.3, 0.4) is 0 Å². The van der Waals surface area contributed by atoms with Crippen molar-refractivity contribution < 1.29 is 19.5 Å². The van der Waals surface area contributed by atoms with Gasteiger partial charge in [0.25, 0.3) is 0 Å². The molecule has 1 aliphatic carbocycles. The van der Waals surface area contributed by atoms with E-state index in [1.54, 1.807) is 14.2 Å². The number of quaternary nitrogens is 1. The number of rotatable bonds is 5. The Labute approximate surface area is 178 Å². The molecule has 1 aliphatic heterocycles. The SMILES string of the molecule is COc1ccc([C@H]2[C@@H]3CCCC[C@]3(O)CC[NH+]2Cc2ccccc2Cl)cc1OC. The van der Waals surface area contributed by atoms with Crippen LogP contribution in [0.5, 0.6) is 11.5 Å². The number of hydrogen-bond acceptors (Lipinski definition) is 3. The molecule has 2 aromatic carbocycles. The highest BCUT2D eigenvalue weighted by Crippen LogP contribution is 2.45.